The molecular formula is C16H22Br2N4O5S. The molecule has 0 saturated carbocycles. The number of carboxylic acids is 1. The van der Waals surface area contributed by atoms with E-state index < -0.39 is 29.2 Å². The smallest absolute Gasteiger partial charge is 0.352 e. The summed E-state index contributed by atoms with van der Waals surface area (Å²) in [7, 11) is 3.67. The number of nitrogens with one attached hydrogen (secondary N) is 1. The van der Waals surface area contributed by atoms with Crippen LogP contribution in [0.1, 0.15) is 0 Å². The maximum atomic E-state index is 12.4. The van der Waals surface area contributed by atoms with E-state index in [4.69, 9.17) is 5.73 Å². The molecule has 0 aromatic heterocycles. The predicted molar refractivity (Wildman–Crippen MR) is 104 cm³/mol. The minimum absolute atomic E-state index is 0. The monoisotopic (exact) mass is 540 g/mol. The van der Waals surface area contributed by atoms with Gasteiger partial charge in [-0.05, 0) is 11.6 Å². The third-order valence-corrected chi connectivity index (χ3v) is 5.95. The van der Waals surface area contributed by atoms with Crippen LogP contribution in [0.3, 0.4) is 0 Å². The van der Waals surface area contributed by atoms with Gasteiger partial charge in [0.1, 0.15) is 17.1 Å². The predicted octanol–water partition coefficient (Wildman–Crippen LogP) is -3.76. The molecule has 1 saturated heterocycles. The molecule has 0 unspecified atom stereocenters. The Balaban J connectivity index is 0.00000392. The molecule has 2 aliphatic heterocycles. The van der Waals surface area contributed by atoms with Crippen LogP contribution in [0.15, 0.2) is 23.4 Å². The molecule has 0 aromatic rings. The van der Waals surface area contributed by atoms with Crippen LogP contribution in [-0.2, 0) is 19.2 Å². The summed E-state index contributed by atoms with van der Waals surface area (Å²) in [5.41, 5.74) is 5.67. The van der Waals surface area contributed by atoms with Crippen molar-refractivity contribution in [3.05, 3.63) is 23.4 Å². The highest BCUT2D eigenvalue weighted by atomic mass is 79.9. The molecule has 2 aliphatic rings. The van der Waals surface area contributed by atoms with E-state index in [1.54, 1.807) is 12.2 Å². The third kappa shape index (κ3) is 5.58. The van der Waals surface area contributed by atoms with Gasteiger partial charge in [-0.1, -0.05) is 22.0 Å². The number of rotatable bonds is 8. The van der Waals surface area contributed by atoms with Gasteiger partial charge in [-0.3, -0.25) is 19.3 Å². The first kappa shape index (κ1) is 24.7. The fourth-order valence-electron chi connectivity index (χ4n) is 2.95. The standard InChI is InChI=1S/C16H21BrN4O5S.BrH/c1-21(2,7-10(18)22)5-3-4-9-8-27-15-12(19-11(23)6-17)14(24)20(15)13(9)16(25)26;/h3-4,12,15H,5-8H2,1-2H3,(H3-,18,19,22,23,25,26);1H/t12-,15-;/m1./s1. The number of allylic oxidation sites excluding steroid dienone is 1. The normalized spacial score (nSPS) is 21.7. The van der Waals surface area contributed by atoms with Crippen LogP contribution >= 0.6 is 27.7 Å². The zero-order valence-corrected chi connectivity index (χ0v) is 19.3. The van der Waals surface area contributed by atoms with E-state index in [-0.39, 0.29) is 40.5 Å². The second-order valence-electron chi connectivity index (χ2n) is 6.91. The Morgan fingerprint density at radius 2 is 2.07 bits per heavy atom. The number of nitrogens with zero attached hydrogens (tertiary/aromatic N) is 2. The van der Waals surface area contributed by atoms with Crippen molar-refractivity contribution in [3.63, 3.8) is 0 Å². The van der Waals surface area contributed by atoms with Gasteiger partial charge in [0.15, 0.2) is 6.54 Å². The Kier molecular flexibility index (Phi) is 8.72. The van der Waals surface area contributed by atoms with Crippen molar-refractivity contribution in [2.24, 2.45) is 5.73 Å². The Labute approximate surface area is 185 Å². The molecule has 0 aliphatic carbocycles. The molecule has 28 heavy (non-hydrogen) atoms. The molecule has 3 amide bonds. The summed E-state index contributed by atoms with van der Waals surface area (Å²) in [5, 5.41) is 11.8. The van der Waals surface area contributed by atoms with Gasteiger partial charge < -0.3 is 37.6 Å². The summed E-state index contributed by atoms with van der Waals surface area (Å²) in [4.78, 5) is 47.9. The molecule has 2 rings (SSSR count). The van der Waals surface area contributed by atoms with E-state index in [0.29, 0.717) is 22.4 Å². The third-order valence-electron chi connectivity index (χ3n) is 4.14. The van der Waals surface area contributed by atoms with E-state index >= 15 is 0 Å². The van der Waals surface area contributed by atoms with E-state index in [1.165, 1.54) is 16.7 Å². The lowest BCUT2D eigenvalue weighted by molar-refractivity contribution is -0.876. The van der Waals surface area contributed by atoms with Gasteiger partial charge in [0, 0.05) is 5.75 Å². The first-order valence-electron chi connectivity index (χ1n) is 8.10. The zero-order valence-electron chi connectivity index (χ0n) is 15.4. The number of carbonyl (C=O) groups excluding carboxylic acids is 3. The highest BCUT2D eigenvalue weighted by Gasteiger charge is 2.53. The first-order valence-corrected chi connectivity index (χ1v) is 10.3. The Bertz CT molecular complexity index is 741. The number of thioether (sulfide) groups is 1. The molecule has 4 N–H and O–H groups in total. The number of aliphatic carboxylic acids is 1. The van der Waals surface area contributed by atoms with Crippen molar-refractivity contribution in [2.75, 3.05) is 38.3 Å². The Hall–Kier alpha value is -1.37. The number of halogens is 2. The highest BCUT2D eigenvalue weighted by Crippen LogP contribution is 2.40. The summed E-state index contributed by atoms with van der Waals surface area (Å²) in [6, 6.07) is -0.717. The number of amides is 3. The van der Waals surface area contributed by atoms with Crippen molar-refractivity contribution >= 4 is 51.4 Å². The largest absolute Gasteiger partial charge is 1.00 e. The summed E-state index contributed by atoms with van der Waals surface area (Å²) >= 11 is 4.42. The van der Waals surface area contributed by atoms with Crippen molar-refractivity contribution in [3.8, 4) is 0 Å². The molecule has 0 aromatic carbocycles. The summed E-state index contributed by atoms with van der Waals surface area (Å²) in [6.45, 7) is 0.636. The SMILES string of the molecule is C[N+](C)(CC=CC1=C(C(=O)O)N2C(=O)[C@@H](NC(=O)CBr)[C@H]2SC1)CC(N)=O.[Br-]. The molecular weight excluding hydrogens is 520 g/mol. The number of likely N-dealkylation sites (N-methyl/N-ethyl adjacent to an activating group) is 1. The van der Waals surface area contributed by atoms with Crippen molar-refractivity contribution in [1.82, 2.24) is 10.2 Å². The number of hydrogen-bond donors (Lipinski definition) is 3. The Morgan fingerprint density at radius 3 is 2.61 bits per heavy atom. The van der Waals surface area contributed by atoms with Gasteiger partial charge >= 0.3 is 5.97 Å². The fraction of sp³-hybridized carbons (Fsp3) is 0.500. The van der Waals surface area contributed by atoms with Gasteiger partial charge in [-0.15, -0.1) is 11.8 Å². The summed E-state index contributed by atoms with van der Waals surface area (Å²) < 4.78 is 0.334. The van der Waals surface area contributed by atoms with Gasteiger partial charge in [0.2, 0.25) is 5.91 Å². The minimum Gasteiger partial charge on any atom is -1.00 e. The molecule has 1 fully saturated rings. The first-order chi connectivity index (χ1) is 12.6. The van der Waals surface area contributed by atoms with Crippen LogP contribution in [0, 0.1) is 0 Å². The van der Waals surface area contributed by atoms with Crippen molar-refractivity contribution in [2.45, 2.75) is 11.4 Å². The van der Waals surface area contributed by atoms with Crippen LogP contribution in [0.2, 0.25) is 0 Å². The second-order valence-corrected chi connectivity index (χ2v) is 8.58. The number of quaternary nitrogens is 1. The number of carbonyl (C=O) groups is 4. The van der Waals surface area contributed by atoms with E-state index in [0.717, 1.165) is 0 Å². The fourth-order valence-corrected chi connectivity index (χ4v) is 4.43. The van der Waals surface area contributed by atoms with Crippen molar-refractivity contribution in [1.29, 1.82) is 0 Å². The number of fused-ring (bicyclic) bond motifs is 1. The van der Waals surface area contributed by atoms with E-state index in [9.17, 15) is 24.3 Å². The number of nitrogens with two attached hydrogens (primary N) is 1. The number of hydrogen-bond acceptors (Lipinski definition) is 5. The molecule has 2 heterocycles. The Morgan fingerprint density at radius 1 is 1.43 bits per heavy atom. The second kappa shape index (κ2) is 9.90. The number of carboxylic acid groups (broad SMARTS) is 1. The quantitative estimate of drug-likeness (QED) is 0.164. The topological polar surface area (TPSA) is 130 Å². The highest BCUT2D eigenvalue weighted by molar-refractivity contribution is 9.09. The van der Waals surface area contributed by atoms with Gasteiger partial charge in [-0.2, -0.15) is 0 Å². The zero-order chi connectivity index (χ0) is 20.4. The molecule has 156 valence electrons. The van der Waals surface area contributed by atoms with Crippen molar-refractivity contribution < 1.29 is 45.7 Å². The van der Waals surface area contributed by atoms with Gasteiger partial charge in [0.25, 0.3) is 11.8 Å². The lowest BCUT2D eigenvalue weighted by Crippen LogP contribution is -3.00. The lowest BCUT2D eigenvalue weighted by Gasteiger charge is -2.49. The van der Waals surface area contributed by atoms with Crippen LogP contribution in [0.25, 0.3) is 0 Å². The summed E-state index contributed by atoms with van der Waals surface area (Å²) in [6.07, 6.45) is 3.45. The van der Waals surface area contributed by atoms with Crippen LogP contribution < -0.4 is 28.0 Å². The van der Waals surface area contributed by atoms with Crippen LogP contribution in [0.4, 0.5) is 0 Å². The van der Waals surface area contributed by atoms with Gasteiger partial charge in [0.05, 0.1) is 26.0 Å². The molecule has 12 heteroatoms. The number of alkyl halides is 1. The lowest BCUT2D eigenvalue weighted by atomic mass is 10.0. The average molecular weight is 542 g/mol. The maximum absolute atomic E-state index is 12.4. The molecule has 0 spiro atoms. The number of β-lactam (4-membered cyclic amide) rings is 1. The number of primary amides is 1. The van der Waals surface area contributed by atoms with E-state index in [2.05, 4.69) is 21.2 Å². The maximum Gasteiger partial charge on any atom is 0.352 e. The van der Waals surface area contributed by atoms with Crippen LogP contribution in [0.5, 0.6) is 0 Å². The van der Waals surface area contributed by atoms with Crippen LogP contribution in [-0.4, -0.2) is 87.9 Å². The molecule has 9 nitrogen and oxygen atoms in total. The minimum atomic E-state index is -1.19. The van der Waals surface area contributed by atoms with E-state index in [1.807, 2.05) is 14.1 Å². The molecule has 2 atom stereocenters. The molecule has 0 radical (unpaired) electrons. The summed E-state index contributed by atoms with van der Waals surface area (Å²) in [5.74, 6) is -1.97. The van der Waals surface area contributed by atoms with Gasteiger partial charge in [-0.25, -0.2) is 4.79 Å². The average Bonchev–Trinajstić information content (AvgIpc) is 2.57. The molecule has 0 bridgehead atoms.